The molecule has 0 aromatic heterocycles. The summed E-state index contributed by atoms with van der Waals surface area (Å²) in [4.78, 5) is 11.9. The van der Waals surface area contributed by atoms with Crippen molar-refractivity contribution in [1.29, 1.82) is 0 Å². The number of benzene rings is 3. The number of nitrogens with one attached hydrogen (secondary N) is 1. The second-order valence-corrected chi connectivity index (χ2v) is 9.11. The average molecular weight is 388 g/mol. The second-order valence-electron chi connectivity index (χ2n) is 7.44. The van der Waals surface area contributed by atoms with Gasteiger partial charge in [0, 0.05) is 0 Å². The lowest BCUT2D eigenvalue weighted by Gasteiger charge is -2.32. The van der Waals surface area contributed by atoms with Gasteiger partial charge in [0.1, 0.15) is 0 Å². The Bertz CT molecular complexity index is 1020. The van der Waals surface area contributed by atoms with Crippen LogP contribution in [-0.4, -0.2) is 18.0 Å². The highest BCUT2D eigenvalue weighted by Crippen LogP contribution is 2.66. The molecule has 3 aromatic rings. The highest BCUT2D eigenvalue weighted by molar-refractivity contribution is 8.02. The Morgan fingerprint density at radius 1 is 0.893 bits per heavy atom. The van der Waals surface area contributed by atoms with Gasteiger partial charge in [-0.2, -0.15) is 0 Å². The van der Waals surface area contributed by atoms with E-state index < -0.39 is 9.62 Å². The lowest BCUT2D eigenvalue weighted by Crippen LogP contribution is -2.44. The Balaban J connectivity index is 1.81. The monoisotopic (exact) mass is 387 g/mol. The summed E-state index contributed by atoms with van der Waals surface area (Å²) in [5, 5.41) is 3.64. The summed E-state index contributed by atoms with van der Waals surface area (Å²) in [7, 11) is 1.45. The number of methoxy groups -OCH3 is 1. The molecule has 1 saturated heterocycles. The van der Waals surface area contributed by atoms with Crippen molar-refractivity contribution in [2.45, 2.75) is 22.6 Å². The molecular formula is C24H21NO2S. The number of fused-ring (bicyclic) bond motifs is 5. The molecule has 0 amide bonds. The topological polar surface area (TPSA) is 38.3 Å². The largest absolute Gasteiger partial charge is 0.467 e. The molecule has 2 aliphatic rings. The maximum Gasteiger partial charge on any atom is 0.336 e. The number of carbonyl (C=O) groups excluding carboxylic acids is 1. The van der Waals surface area contributed by atoms with Gasteiger partial charge in [0.05, 0.1) is 17.9 Å². The normalized spacial score (nSPS) is 24.0. The Hall–Kier alpha value is -2.56. The Morgan fingerprint density at radius 2 is 1.43 bits per heavy atom. The maximum absolute atomic E-state index is 12.8. The fraction of sp³-hybridized carbons (Fsp3) is 0.208. The van der Waals surface area contributed by atoms with Crippen LogP contribution in [0.15, 0.2) is 78.9 Å². The van der Waals surface area contributed by atoms with Crippen LogP contribution < -0.4 is 5.32 Å². The van der Waals surface area contributed by atoms with E-state index in [0.717, 1.165) is 5.56 Å². The number of rotatable bonds is 2. The molecule has 1 spiro atoms. The zero-order chi connectivity index (χ0) is 19.4. The minimum atomic E-state index is -0.847. The molecule has 0 radical (unpaired) electrons. The van der Waals surface area contributed by atoms with Crippen molar-refractivity contribution < 1.29 is 9.53 Å². The molecule has 0 bridgehead atoms. The van der Waals surface area contributed by atoms with Crippen LogP contribution in [0, 0.1) is 0 Å². The maximum atomic E-state index is 12.8. The van der Waals surface area contributed by atoms with Gasteiger partial charge in [0.25, 0.3) is 0 Å². The Labute approximate surface area is 169 Å². The van der Waals surface area contributed by atoms with Crippen molar-refractivity contribution in [3.8, 4) is 11.1 Å². The SMILES string of the molecule is COC(=O)[C@@]1(C)N[C@@H](c2ccccc2)C2(S1)c1ccccc1-c1ccccc12. The van der Waals surface area contributed by atoms with Crippen molar-refractivity contribution in [3.05, 3.63) is 95.6 Å². The summed E-state index contributed by atoms with van der Waals surface area (Å²) in [6, 6.07) is 27.4. The van der Waals surface area contributed by atoms with Crippen LogP contribution >= 0.6 is 11.8 Å². The summed E-state index contributed by atoms with van der Waals surface area (Å²) >= 11 is 1.66. The molecule has 1 heterocycles. The number of ether oxygens (including phenoxy) is 1. The highest BCUT2D eigenvalue weighted by atomic mass is 32.2. The van der Waals surface area contributed by atoms with E-state index in [9.17, 15) is 4.79 Å². The van der Waals surface area contributed by atoms with Gasteiger partial charge in [-0.25, -0.2) is 4.79 Å². The first-order chi connectivity index (χ1) is 13.6. The van der Waals surface area contributed by atoms with Crippen molar-refractivity contribution in [2.24, 2.45) is 0 Å². The Kier molecular flexibility index (Phi) is 3.90. The first kappa shape index (κ1) is 17.5. The minimum absolute atomic E-state index is 0.0624. The summed E-state index contributed by atoms with van der Waals surface area (Å²) in [6.45, 7) is 1.93. The van der Waals surface area contributed by atoms with E-state index in [1.807, 2.05) is 13.0 Å². The minimum Gasteiger partial charge on any atom is -0.467 e. The molecule has 0 saturated carbocycles. The van der Waals surface area contributed by atoms with Gasteiger partial charge in [-0.15, -0.1) is 11.8 Å². The zero-order valence-corrected chi connectivity index (χ0v) is 16.6. The van der Waals surface area contributed by atoms with Gasteiger partial charge in [0.2, 0.25) is 0 Å². The van der Waals surface area contributed by atoms with E-state index in [1.54, 1.807) is 11.8 Å². The number of carbonyl (C=O) groups is 1. The number of esters is 1. The summed E-state index contributed by atoms with van der Waals surface area (Å²) in [5.74, 6) is -0.253. The van der Waals surface area contributed by atoms with E-state index >= 15 is 0 Å². The molecule has 3 nitrogen and oxygen atoms in total. The number of hydrogen-bond acceptors (Lipinski definition) is 4. The first-order valence-electron chi connectivity index (χ1n) is 9.41. The van der Waals surface area contributed by atoms with E-state index in [1.165, 1.54) is 29.4 Å². The van der Waals surface area contributed by atoms with Gasteiger partial charge in [-0.3, -0.25) is 5.32 Å². The number of thioether (sulfide) groups is 1. The molecule has 1 fully saturated rings. The summed E-state index contributed by atoms with van der Waals surface area (Å²) in [6.07, 6.45) is 0. The van der Waals surface area contributed by atoms with Crippen molar-refractivity contribution in [2.75, 3.05) is 7.11 Å². The third-order valence-electron chi connectivity index (χ3n) is 5.84. The molecule has 1 N–H and O–H groups in total. The van der Waals surface area contributed by atoms with Crippen molar-refractivity contribution in [1.82, 2.24) is 5.32 Å². The standard InChI is InChI=1S/C24H21NO2S/c1-23(22(26)27-2)25-21(16-10-4-3-5-11-16)24(28-23)19-14-8-6-12-17(19)18-13-7-9-15-20(18)24/h3-15,21,25H,1-2H3/t21-,23-/m0/s1. The molecule has 140 valence electrons. The van der Waals surface area contributed by atoms with Gasteiger partial charge < -0.3 is 4.74 Å². The summed E-state index contributed by atoms with van der Waals surface area (Å²) in [5.41, 5.74) is 6.13. The van der Waals surface area contributed by atoms with Crippen LogP contribution in [-0.2, 0) is 14.3 Å². The van der Waals surface area contributed by atoms with Gasteiger partial charge in [-0.1, -0.05) is 78.9 Å². The molecule has 0 unspecified atom stereocenters. The molecule has 4 heteroatoms. The molecule has 28 heavy (non-hydrogen) atoms. The van der Waals surface area contributed by atoms with Crippen LogP contribution in [0.25, 0.3) is 11.1 Å². The van der Waals surface area contributed by atoms with E-state index in [-0.39, 0.29) is 12.0 Å². The molecular weight excluding hydrogens is 366 g/mol. The third-order valence-corrected chi connectivity index (χ3v) is 7.53. The van der Waals surface area contributed by atoms with E-state index in [0.29, 0.717) is 0 Å². The second kappa shape index (κ2) is 6.23. The van der Waals surface area contributed by atoms with Gasteiger partial charge >= 0.3 is 5.97 Å². The van der Waals surface area contributed by atoms with Crippen LogP contribution in [0.4, 0.5) is 0 Å². The average Bonchev–Trinajstić information content (AvgIpc) is 3.23. The highest BCUT2D eigenvalue weighted by Gasteiger charge is 2.62. The predicted octanol–water partition coefficient (Wildman–Crippen LogP) is 4.88. The lowest BCUT2D eigenvalue weighted by atomic mass is 9.84. The lowest BCUT2D eigenvalue weighted by molar-refractivity contribution is -0.144. The fourth-order valence-corrected chi connectivity index (χ4v) is 6.57. The van der Waals surface area contributed by atoms with Crippen molar-refractivity contribution in [3.63, 3.8) is 0 Å². The molecule has 5 rings (SSSR count). The van der Waals surface area contributed by atoms with E-state index in [4.69, 9.17) is 4.74 Å². The van der Waals surface area contributed by atoms with Crippen LogP contribution in [0.5, 0.6) is 0 Å². The van der Waals surface area contributed by atoms with Crippen LogP contribution in [0.1, 0.15) is 29.7 Å². The zero-order valence-electron chi connectivity index (χ0n) is 15.8. The van der Waals surface area contributed by atoms with Crippen LogP contribution in [0.3, 0.4) is 0 Å². The predicted molar refractivity (Wildman–Crippen MR) is 113 cm³/mol. The van der Waals surface area contributed by atoms with Crippen LogP contribution in [0.2, 0.25) is 0 Å². The van der Waals surface area contributed by atoms with Gasteiger partial charge in [0.15, 0.2) is 4.87 Å². The molecule has 3 aromatic carbocycles. The third kappa shape index (κ3) is 2.25. The molecule has 2 atom stereocenters. The van der Waals surface area contributed by atoms with Gasteiger partial charge in [-0.05, 0) is 34.7 Å². The Morgan fingerprint density at radius 3 is 2.00 bits per heavy atom. The number of hydrogen-bond donors (Lipinski definition) is 1. The summed E-state index contributed by atoms with van der Waals surface area (Å²) < 4.78 is 4.77. The smallest absolute Gasteiger partial charge is 0.336 e. The van der Waals surface area contributed by atoms with E-state index in [2.05, 4.69) is 78.1 Å². The quantitative estimate of drug-likeness (QED) is 0.636. The molecule has 1 aliphatic carbocycles. The fourth-order valence-electron chi connectivity index (χ4n) is 4.70. The first-order valence-corrected chi connectivity index (χ1v) is 10.2. The van der Waals surface area contributed by atoms with Crippen molar-refractivity contribution >= 4 is 17.7 Å². The molecule has 1 aliphatic heterocycles.